The Hall–Kier alpha value is -0.120. The summed E-state index contributed by atoms with van der Waals surface area (Å²) < 4.78 is 0. The molecule has 1 saturated carbocycles. The van der Waals surface area contributed by atoms with Crippen molar-refractivity contribution in [2.75, 3.05) is 26.7 Å². The summed E-state index contributed by atoms with van der Waals surface area (Å²) in [5.41, 5.74) is -0.595. The van der Waals surface area contributed by atoms with Gasteiger partial charge >= 0.3 is 0 Å². The lowest BCUT2D eigenvalue weighted by Crippen LogP contribution is -2.47. The van der Waals surface area contributed by atoms with E-state index >= 15 is 0 Å². The van der Waals surface area contributed by atoms with E-state index in [-0.39, 0.29) is 0 Å². The molecular weight excluding hydrogens is 248 g/mol. The molecule has 3 nitrogen and oxygen atoms in total. The fourth-order valence-electron chi connectivity index (χ4n) is 3.80. The number of nitrogens with zero attached hydrogens (tertiary/aromatic N) is 1. The number of hydrogen-bond acceptors (Lipinski definition) is 3. The smallest absolute Gasteiger partial charge is 0.0718 e. The fraction of sp³-hybridized carbons (Fsp3) is 1.00. The van der Waals surface area contributed by atoms with E-state index in [1.807, 2.05) is 13.8 Å². The number of aliphatic hydroxyl groups is 1. The van der Waals surface area contributed by atoms with Crippen molar-refractivity contribution in [2.24, 2.45) is 11.8 Å². The Kier molecular flexibility index (Phi) is 7.49. The normalized spacial score (nSPS) is 28.1. The minimum atomic E-state index is -0.595. The summed E-state index contributed by atoms with van der Waals surface area (Å²) >= 11 is 0. The average Bonchev–Trinajstić information content (AvgIpc) is 2.37. The molecule has 20 heavy (non-hydrogen) atoms. The molecular formula is C17H36N2O. The molecule has 0 amide bonds. The van der Waals surface area contributed by atoms with Crippen LogP contribution in [0.3, 0.4) is 0 Å². The van der Waals surface area contributed by atoms with Crippen LogP contribution in [0.5, 0.6) is 0 Å². The van der Waals surface area contributed by atoms with Gasteiger partial charge in [-0.15, -0.1) is 0 Å². The van der Waals surface area contributed by atoms with Crippen molar-refractivity contribution in [1.29, 1.82) is 0 Å². The zero-order valence-corrected chi connectivity index (χ0v) is 14.3. The summed E-state index contributed by atoms with van der Waals surface area (Å²) in [5.74, 6) is 1.64. The van der Waals surface area contributed by atoms with Gasteiger partial charge in [0.2, 0.25) is 0 Å². The average molecular weight is 284 g/mol. The molecule has 0 aromatic heterocycles. The van der Waals surface area contributed by atoms with E-state index in [4.69, 9.17) is 0 Å². The highest BCUT2D eigenvalue weighted by Crippen LogP contribution is 2.32. The molecule has 0 radical (unpaired) electrons. The highest BCUT2D eigenvalue weighted by molar-refractivity contribution is 4.86. The topological polar surface area (TPSA) is 35.5 Å². The van der Waals surface area contributed by atoms with Gasteiger partial charge in [-0.3, -0.25) is 0 Å². The third-order valence-electron chi connectivity index (χ3n) is 4.71. The highest BCUT2D eigenvalue weighted by atomic mass is 16.3. The molecule has 0 bridgehead atoms. The number of hydrogen-bond donors (Lipinski definition) is 2. The van der Waals surface area contributed by atoms with Crippen molar-refractivity contribution in [3.05, 3.63) is 0 Å². The molecule has 0 aromatic carbocycles. The first-order chi connectivity index (χ1) is 9.39. The first-order valence-corrected chi connectivity index (χ1v) is 8.51. The maximum Gasteiger partial charge on any atom is 0.0718 e. The van der Waals surface area contributed by atoms with E-state index in [9.17, 15) is 5.11 Å². The van der Waals surface area contributed by atoms with Crippen LogP contribution in [-0.2, 0) is 0 Å². The van der Waals surface area contributed by atoms with Gasteiger partial charge in [-0.2, -0.15) is 0 Å². The van der Waals surface area contributed by atoms with E-state index in [2.05, 4.69) is 31.1 Å². The summed E-state index contributed by atoms with van der Waals surface area (Å²) in [7, 11) is 2.10. The summed E-state index contributed by atoms with van der Waals surface area (Å²) in [6.45, 7) is 11.2. The molecule has 0 aromatic rings. The van der Waals surface area contributed by atoms with Crippen molar-refractivity contribution < 1.29 is 5.11 Å². The molecule has 0 spiro atoms. The second-order valence-corrected chi connectivity index (χ2v) is 7.26. The van der Waals surface area contributed by atoms with Crippen LogP contribution in [0.25, 0.3) is 0 Å². The van der Waals surface area contributed by atoms with E-state index in [0.29, 0.717) is 6.04 Å². The van der Waals surface area contributed by atoms with Crippen molar-refractivity contribution in [1.82, 2.24) is 10.2 Å². The molecule has 1 aliphatic rings. The standard InChI is InChI=1S/C17H36N2O/c1-6-8-14-9-10-16(18-5)15(11-14)12-19(7-2)13-17(3,4)20/h14-16,18,20H,6-13H2,1-5H3. The highest BCUT2D eigenvalue weighted by Gasteiger charge is 2.31. The monoisotopic (exact) mass is 284 g/mol. The van der Waals surface area contributed by atoms with Gasteiger partial charge in [0.25, 0.3) is 0 Å². The number of likely N-dealkylation sites (N-methyl/N-ethyl adjacent to an activating group) is 1. The first-order valence-electron chi connectivity index (χ1n) is 8.51. The lowest BCUT2D eigenvalue weighted by atomic mass is 9.76. The molecule has 120 valence electrons. The first kappa shape index (κ1) is 17.9. The Morgan fingerprint density at radius 3 is 2.45 bits per heavy atom. The minimum Gasteiger partial charge on any atom is -0.389 e. The van der Waals surface area contributed by atoms with E-state index in [1.165, 1.54) is 32.1 Å². The van der Waals surface area contributed by atoms with Crippen LogP contribution >= 0.6 is 0 Å². The fourth-order valence-corrected chi connectivity index (χ4v) is 3.80. The predicted molar refractivity (Wildman–Crippen MR) is 87.0 cm³/mol. The van der Waals surface area contributed by atoms with Crippen molar-refractivity contribution in [3.63, 3.8) is 0 Å². The van der Waals surface area contributed by atoms with Crippen molar-refractivity contribution in [2.45, 2.75) is 71.4 Å². The largest absolute Gasteiger partial charge is 0.389 e. The quantitative estimate of drug-likeness (QED) is 0.719. The predicted octanol–water partition coefficient (Wildman–Crippen LogP) is 2.88. The second-order valence-electron chi connectivity index (χ2n) is 7.26. The van der Waals surface area contributed by atoms with Gasteiger partial charge in [0, 0.05) is 19.1 Å². The third kappa shape index (κ3) is 6.11. The maximum atomic E-state index is 10.1. The van der Waals surface area contributed by atoms with Crippen molar-refractivity contribution in [3.8, 4) is 0 Å². The van der Waals surface area contributed by atoms with Crippen LogP contribution in [0, 0.1) is 11.8 Å². The summed E-state index contributed by atoms with van der Waals surface area (Å²) in [6, 6.07) is 0.652. The zero-order valence-electron chi connectivity index (χ0n) is 14.3. The summed E-state index contributed by atoms with van der Waals surface area (Å²) in [6.07, 6.45) is 6.73. The number of nitrogens with one attached hydrogen (secondary N) is 1. The van der Waals surface area contributed by atoms with E-state index in [1.54, 1.807) is 0 Å². The van der Waals surface area contributed by atoms with Crippen LogP contribution in [0.1, 0.15) is 59.8 Å². The van der Waals surface area contributed by atoms with Crippen molar-refractivity contribution >= 4 is 0 Å². The Labute approximate surface area is 126 Å². The van der Waals surface area contributed by atoms with Crippen LogP contribution in [-0.4, -0.2) is 48.3 Å². The van der Waals surface area contributed by atoms with Gasteiger partial charge in [0.05, 0.1) is 5.60 Å². The molecule has 1 aliphatic carbocycles. The molecule has 0 heterocycles. The Bertz CT molecular complexity index is 262. The van der Waals surface area contributed by atoms with Gasteiger partial charge in [-0.05, 0) is 58.5 Å². The van der Waals surface area contributed by atoms with E-state index in [0.717, 1.165) is 31.5 Å². The Morgan fingerprint density at radius 2 is 1.95 bits per heavy atom. The summed E-state index contributed by atoms with van der Waals surface area (Å²) in [5, 5.41) is 13.6. The Balaban J connectivity index is 2.58. The van der Waals surface area contributed by atoms with Gasteiger partial charge in [0.1, 0.15) is 0 Å². The van der Waals surface area contributed by atoms with E-state index < -0.39 is 5.60 Å². The molecule has 0 saturated heterocycles. The van der Waals surface area contributed by atoms with Crippen LogP contribution in [0.2, 0.25) is 0 Å². The molecule has 1 fully saturated rings. The lowest BCUT2D eigenvalue weighted by molar-refractivity contribution is 0.0258. The SMILES string of the molecule is CCCC1CCC(NC)C(CN(CC)CC(C)(C)O)C1. The lowest BCUT2D eigenvalue weighted by Gasteiger charge is -2.40. The van der Waals surface area contributed by atoms with Gasteiger partial charge in [0.15, 0.2) is 0 Å². The molecule has 2 N–H and O–H groups in total. The third-order valence-corrected chi connectivity index (χ3v) is 4.71. The van der Waals surface area contributed by atoms with Gasteiger partial charge in [-0.25, -0.2) is 0 Å². The Morgan fingerprint density at radius 1 is 1.25 bits per heavy atom. The number of rotatable bonds is 8. The van der Waals surface area contributed by atoms with Crippen LogP contribution < -0.4 is 5.32 Å². The van der Waals surface area contributed by atoms with Gasteiger partial charge in [-0.1, -0.05) is 26.7 Å². The molecule has 3 heteroatoms. The molecule has 1 rings (SSSR count). The van der Waals surface area contributed by atoms with Gasteiger partial charge < -0.3 is 15.3 Å². The van der Waals surface area contributed by atoms with Crippen LogP contribution in [0.15, 0.2) is 0 Å². The maximum absolute atomic E-state index is 10.1. The summed E-state index contributed by atoms with van der Waals surface area (Å²) in [4.78, 5) is 2.42. The molecule has 0 aliphatic heterocycles. The molecule has 3 atom stereocenters. The van der Waals surface area contributed by atoms with Crippen LogP contribution in [0.4, 0.5) is 0 Å². The molecule has 3 unspecified atom stereocenters. The zero-order chi connectivity index (χ0) is 15.2. The minimum absolute atomic E-state index is 0.595. The second kappa shape index (κ2) is 8.35.